The van der Waals surface area contributed by atoms with E-state index in [1.807, 2.05) is 59.7 Å². The highest BCUT2D eigenvalue weighted by Crippen LogP contribution is 2.17. The van der Waals surface area contributed by atoms with Crippen LogP contribution in [0, 0.1) is 19.3 Å². The SMILES string of the molecule is CC(=NNC(=O)CCC(=O)Nc1cc(C)ccc1C)C(C)(C)C. The van der Waals surface area contributed by atoms with Gasteiger partial charge in [-0.3, -0.25) is 9.59 Å². The average Bonchev–Trinajstić information content (AvgIpc) is 2.45. The highest BCUT2D eigenvalue weighted by atomic mass is 16.2. The first-order chi connectivity index (χ1) is 10.6. The van der Waals surface area contributed by atoms with Gasteiger partial charge in [0, 0.05) is 29.7 Å². The van der Waals surface area contributed by atoms with Crippen molar-refractivity contribution in [3.05, 3.63) is 29.3 Å². The first-order valence-corrected chi connectivity index (χ1v) is 7.80. The Morgan fingerprint density at radius 1 is 1.09 bits per heavy atom. The Hall–Kier alpha value is -2.17. The molecule has 1 aromatic carbocycles. The molecular formula is C18H27N3O2. The fourth-order valence-corrected chi connectivity index (χ4v) is 1.68. The Morgan fingerprint density at radius 2 is 1.70 bits per heavy atom. The molecule has 0 aromatic heterocycles. The van der Waals surface area contributed by atoms with Crippen LogP contribution < -0.4 is 10.7 Å². The first-order valence-electron chi connectivity index (χ1n) is 7.80. The molecule has 0 unspecified atom stereocenters. The molecule has 0 aliphatic carbocycles. The topological polar surface area (TPSA) is 70.6 Å². The standard InChI is InChI=1S/C18H27N3O2/c1-12-7-8-13(2)15(11-12)19-16(22)9-10-17(23)21-20-14(3)18(4,5)6/h7-8,11H,9-10H2,1-6H3,(H,19,22)(H,21,23). The van der Waals surface area contributed by atoms with E-state index in [0.717, 1.165) is 22.5 Å². The van der Waals surface area contributed by atoms with Crippen molar-refractivity contribution in [1.82, 2.24) is 5.43 Å². The lowest BCUT2D eigenvalue weighted by Crippen LogP contribution is -2.25. The summed E-state index contributed by atoms with van der Waals surface area (Å²) < 4.78 is 0. The van der Waals surface area contributed by atoms with Gasteiger partial charge in [-0.05, 0) is 38.0 Å². The molecule has 0 atom stereocenters. The van der Waals surface area contributed by atoms with E-state index in [1.54, 1.807) is 0 Å². The van der Waals surface area contributed by atoms with Crippen molar-refractivity contribution in [1.29, 1.82) is 0 Å². The number of carbonyl (C=O) groups excluding carboxylic acids is 2. The van der Waals surface area contributed by atoms with Gasteiger partial charge in [0.25, 0.3) is 0 Å². The zero-order valence-corrected chi connectivity index (χ0v) is 14.9. The minimum atomic E-state index is -0.260. The molecular weight excluding hydrogens is 290 g/mol. The van der Waals surface area contributed by atoms with E-state index in [-0.39, 0.29) is 30.1 Å². The van der Waals surface area contributed by atoms with E-state index >= 15 is 0 Å². The number of rotatable bonds is 5. The van der Waals surface area contributed by atoms with Gasteiger partial charge in [0.15, 0.2) is 0 Å². The Balaban J connectivity index is 2.47. The molecule has 1 aromatic rings. The van der Waals surface area contributed by atoms with Gasteiger partial charge in [0.1, 0.15) is 0 Å². The highest BCUT2D eigenvalue weighted by Gasteiger charge is 2.15. The zero-order chi connectivity index (χ0) is 17.6. The third kappa shape index (κ3) is 6.63. The summed E-state index contributed by atoms with van der Waals surface area (Å²) in [7, 11) is 0. The molecule has 23 heavy (non-hydrogen) atoms. The number of carbonyl (C=O) groups is 2. The predicted molar refractivity (Wildman–Crippen MR) is 94.5 cm³/mol. The molecule has 5 heteroatoms. The highest BCUT2D eigenvalue weighted by molar-refractivity contribution is 5.94. The lowest BCUT2D eigenvalue weighted by Gasteiger charge is -2.17. The van der Waals surface area contributed by atoms with E-state index in [0.29, 0.717) is 0 Å². The summed E-state index contributed by atoms with van der Waals surface area (Å²) >= 11 is 0. The first kappa shape index (κ1) is 18.9. The Morgan fingerprint density at radius 3 is 2.30 bits per heavy atom. The summed E-state index contributed by atoms with van der Waals surface area (Å²) in [5.74, 6) is -0.435. The summed E-state index contributed by atoms with van der Waals surface area (Å²) in [5, 5.41) is 6.91. The number of amides is 2. The van der Waals surface area contributed by atoms with Crippen LogP contribution in [0.25, 0.3) is 0 Å². The number of nitrogens with zero attached hydrogens (tertiary/aromatic N) is 1. The minimum Gasteiger partial charge on any atom is -0.326 e. The monoisotopic (exact) mass is 317 g/mol. The van der Waals surface area contributed by atoms with Gasteiger partial charge in [-0.1, -0.05) is 32.9 Å². The molecule has 0 saturated heterocycles. The van der Waals surface area contributed by atoms with Crippen LogP contribution in [0.4, 0.5) is 5.69 Å². The van der Waals surface area contributed by atoms with E-state index < -0.39 is 0 Å². The van der Waals surface area contributed by atoms with E-state index in [2.05, 4.69) is 15.8 Å². The predicted octanol–water partition coefficient (Wildman–Crippen LogP) is 3.56. The molecule has 1 rings (SSSR count). The van der Waals surface area contributed by atoms with Crippen LogP contribution in [0.3, 0.4) is 0 Å². The third-order valence-corrected chi connectivity index (χ3v) is 3.68. The van der Waals surface area contributed by atoms with Gasteiger partial charge in [0.2, 0.25) is 11.8 Å². The van der Waals surface area contributed by atoms with Gasteiger partial charge in [-0.2, -0.15) is 5.10 Å². The maximum Gasteiger partial charge on any atom is 0.240 e. The molecule has 2 N–H and O–H groups in total. The quantitative estimate of drug-likeness (QED) is 0.644. The van der Waals surface area contributed by atoms with Crippen LogP contribution in [0.5, 0.6) is 0 Å². The lowest BCUT2D eigenvalue weighted by molar-refractivity contribution is -0.124. The van der Waals surface area contributed by atoms with Gasteiger partial charge < -0.3 is 5.32 Å². The van der Waals surface area contributed by atoms with Crippen LogP contribution in [0.15, 0.2) is 23.3 Å². The van der Waals surface area contributed by atoms with Gasteiger partial charge in [0.05, 0.1) is 0 Å². The number of hydrogen-bond donors (Lipinski definition) is 2. The number of hydrazone groups is 1. The maximum atomic E-state index is 12.0. The molecule has 0 heterocycles. The molecule has 0 aliphatic rings. The molecule has 5 nitrogen and oxygen atoms in total. The summed E-state index contributed by atoms with van der Waals surface area (Å²) in [6.07, 6.45) is 0.237. The normalized spacial score (nSPS) is 12.0. The number of anilines is 1. The van der Waals surface area contributed by atoms with Crippen molar-refractivity contribution in [3.8, 4) is 0 Å². The molecule has 0 saturated carbocycles. The van der Waals surface area contributed by atoms with Gasteiger partial charge in [-0.15, -0.1) is 0 Å². The molecule has 0 aliphatic heterocycles. The fourth-order valence-electron chi connectivity index (χ4n) is 1.68. The fraction of sp³-hybridized carbons (Fsp3) is 0.500. The summed E-state index contributed by atoms with van der Waals surface area (Å²) in [5.41, 5.74) is 6.11. The number of nitrogens with one attached hydrogen (secondary N) is 2. The Kier molecular flexibility index (Phi) is 6.49. The Bertz CT molecular complexity index is 613. The van der Waals surface area contributed by atoms with Crippen LogP contribution in [0.2, 0.25) is 0 Å². The summed E-state index contributed by atoms with van der Waals surface area (Å²) in [6.45, 7) is 11.8. The van der Waals surface area contributed by atoms with Crippen molar-refractivity contribution < 1.29 is 9.59 Å². The number of benzene rings is 1. The summed E-state index contributed by atoms with van der Waals surface area (Å²) in [6, 6.07) is 5.87. The minimum absolute atomic E-state index is 0.0899. The Labute approximate surface area is 138 Å². The number of hydrogen-bond acceptors (Lipinski definition) is 3. The second-order valence-corrected chi connectivity index (χ2v) is 6.85. The number of aryl methyl sites for hydroxylation is 2. The smallest absolute Gasteiger partial charge is 0.240 e. The van der Waals surface area contributed by atoms with E-state index in [4.69, 9.17) is 0 Å². The van der Waals surface area contributed by atoms with Crippen LogP contribution in [0.1, 0.15) is 51.7 Å². The van der Waals surface area contributed by atoms with Crippen molar-refractivity contribution in [2.45, 2.75) is 54.4 Å². The maximum absolute atomic E-state index is 12.0. The van der Waals surface area contributed by atoms with E-state index in [1.165, 1.54) is 0 Å². The largest absolute Gasteiger partial charge is 0.326 e. The van der Waals surface area contributed by atoms with Crippen molar-refractivity contribution >= 4 is 23.2 Å². The van der Waals surface area contributed by atoms with Gasteiger partial charge in [-0.25, -0.2) is 5.43 Å². The molecule has 2 amide bonds. The van der Waals surface area contributed by atoms with E-state index in [9.17, 15) is 9.59 Å². The van der Waals surface area contributed by atoms with Crippen molar-refractivity contribution in [2.75, 3.05) is 5.32 Å². The molecule has 0 bridgehead atoms. The van der Waals surface area contributed by atoms with Crippen LogP contribution in [-0.2, 0) is 9.59 Å². The zero-order valence-electron chi connectivity index (χ0n) is 14.9. The van der Waals surface area contributed by atoms with Gasteiger partial charge >= 0.3 is 0 Å². The van der Waals surface area contributed by atoms with Crippen LogP contribution in [-0.4, -0.2) is 17.5 Å². The third-order valence-electron chi connectivity index (χ3n) is 3.68. The van der Waals surface area contributed by atoms with Crippen molar-refractivity contribution in [3.63, 3.8) is 0 Å². The molecule has 0 spiro atoms. The molecule has 126 valence electrons. The average molecular weight is 317 g/mol. The molecule has 0 fully saturated rings. The van der Waals surface area contributed by atoms with Crippen LogP contribution >= 0.6 is 0 Å². The second kappa shape index (κ2) is 7.90. The summed E-state index contributed by atoms with van der Waals surface area (Å²) in [4.78, 5) is 23.7. The molecule has 0 radical (unpaired) electrons. The lowest BCUT2D eigenvalue weighted by atomic mass is 9.91. The second-order valence-electron chi connectivity index (χ2n) is 6.85. The van der Waals surface area contributed by atoms with Crippen molar-refractivity contribution in [2.24, 2.45) is 10.5 Å².